The van der Waals surface area contributed by atoms with Crippen LogP contribution in [0, 0.1) is 17.7 Å². The van der Waals surface area contributed by atoms with Crippen molar-refractivity contribution in [1.29, 1.82) is 0 Å². The summed E-state index contributed by atoms with van der Waals surface area (Å²) in [4.78, 5) is 25.8. The number of aromatic carboxylic acids is 1. The van der Waals surface area contributed by atoms with Crippen LogP contribution in [-0.4, -0.2) is 34.8 Å². The minimum Gasteiger partial charge on any atom is -0.477 e. The van der Waals surface area contributed by atoms with Crippen molar-refractivity contribution in [3.05, 3.63) is 39.9 Å². The number of carboxylic acid groups (broad SMARTS) is 1. The molecule has 6 nitrogen and oxygen atoms in total. The van der Waals surface area contributed by atoms with Crippen molar-refractivity contribution in [3.63, 3.8) is 0 Å². The van der Waals surface area contributed by atoms with E-state index in [0.29, 0.717) is 23.0 Å². The highest BCUT2D eigenvalue weighted by molar-refractivity contribution is 5.93. The molecule has 130 valence electrons. The Morgan fingerprint density at radius 3 is 2.52 bits per heavy atom. The minimum atomic E-state index is -1.28. The first-order valence-corrected chi connectivity index (χ1v) is 8.58. The molecule has 3 fully saturated rings. The molecule has 1 aliphatic heterocycles. The van der Waals surface area contributed by atoms with Crippen molar-refractivity contribution in [1.82, 2.24) is 4.57 Å². The highest BCUT2D eigenvalue weighted by Crippen LogP contribution is 2.46. The maximum Gasteiger partial charge on any atom is 0.341 e. The van der Waals surface area contributed by atoms with Gasteiger partial charge in [0.2, 0.25) is 5.43 Å². The van der Waals surface area contributed by atoms with E-state index in [1.54, 1.807) is 6.07 Å². The quantitative estimate of drug-likeness (QED) is 0.883. The van der Waals surface area contributed by atoms with E-state index in [2.05, 4.69) is 0 Å². The number of pyridine rings is 1. The van der Waals surface area contributed by atoms with Crippen LogP contribution in [0.4, 0.5) is 10.1 Å². The number of piperidine rings is 1. The lowest BCUT2D eigenvalue weighted by Crippen LogP contribution is -2.29. The van der Waals surface area contributed by atoms with Crippen molar-refractivity contribution in [2.45, 2.75) is 24.9 Å². The molecule has 1 aromatic heterocycles. The lowest BCUT2D eigenvalue weighted by atomic mass is 10.1. The Balaban J connectivity index is 1.68. The normalized spacial score (nSPS) is 27.6. The summed E-state index contributed by atoms with van der Waals surface area (Å²) in [6.45, 7) is 1.46. The number of halogens is 1. The summed E-state index contributed by atoms with van der Waals surface area (Å²) in [6, 6.07) is 3.30. The Hall–Kier alpha value is -2.41. The number of aromatic nitrogens is 1. The third kappa shape index (κ3) is 2.12. The number of fused-ring (bicyclic) bond motifs is 2. The standard InChI is InChI=1S/C18H18FN3O3/c19-13-3-9-14(4-15(13)21-5-10-11(6-21)16(10)20)22(8-1-2-8)7-12(17(9)23)18(24)25/h3-4,7-8,10-11,16H,1-2,5-6,20H2,(H,24,25)/t10-,11+,16+. The van der Waals surface area contributed by atoms with Gasteiger partial charge in [0.05, 0.1) is 11.2 Å². The molecule has 3 N–H and O–H groups in total. The van der Waals surface area contributed by atoms with Gasteiger partial charge in [-0.3, -0.25) is 4.79 Å². The van der Waals surface area contributed by atoms with E-state index >= 15 is 0 Å². The number of benzene rings is 1. The van der Waals surface area contributed by atoms with Gasteiger partial charge in [-0.15, -0.1) is 0 Å². The molecule has 2 heterocycles. The van der Waals surface area contributed by atoms with Crippen LogP contribution in [-0.2, 0) is 0 Å². The maximum absolute atomic E-state index is 14.7. The fourth-order valence-electron chi connectivity index (χ4n) is 4.18. The van der Waals surface area contributed by atoms with Gasteiger partial charge >= 0.3 is 5.97 Å². The topological polar surface area (TPSA) is 88.6 Å². The molecule has 5 rings (SSSR count). The Labute approximate surface area is 142 Å². The fraction of sp³-hybridized carbons (Fsp3) is 0.444. The van der Waals surface area contributed by atoms with Gasteiger partial charge in [-0.1, -0.05) is 0 Å². The lowest BCUT2D eigenvalue weighted by Gasteiger charge is -2.23. The van der Waals surface area contributed by atoms with Crippen LogP contribution in [0.1, 0.15) is 29.2 Å². The molecule has 2 aromatic rings. The third-order valence-corrected chi connectivity index (χ3v) is 5.87. The van der Waals surface area contributed by atoms with Crippen molar-refractivity contribution < 1.29 is 14.3 Å². The Kier molecular flexibility index (Phi) is 2.87. The van der Waals surface area contributed by atoms with Crippen LogP contribution < -0.4 is 16.1 Å². The minimum absolute atomic E-state index is 0.133. The van der Waals surface area contributed by atoms with E-state index in [0.717, 1.165) is 25.9 Å². The van der Waals surface area contributed by atoms with Gasteiger partial charge in [0, 0.05) is 36.8 Å². The van der Waals surface area contributed by atoms with E-state index in [1.165, 1.54) is 12.3 Å². The predicted octanol–water partition coefficient (Wildman–Crippen LogP) is 1.57. The molecule has 7 heteroatoms. The first-order valence-electron chi connectivity index (χ1n) is 8.58. The first kappa shape index (κ1) is 14.9. The van der Waals surface area contributed by atoms with E-state index in [9.17, 15) is 19.1 Å². The zero-order valence-corrected chi connectivity index (χ0v) is 13.5. The first-order chi connectivity index (χ1) is 12.0. The van der Waals surface area contributed by atoms with Gasteiger partial charge in [-0.2, -0.15) is 0 Å². The summed E-state index contributed by atoms with van der Waals surface area (Å²) in [5.74, 6) is -0.908. The molecular weight excluding hydrogens is 325 g/mol. The van der Waals surface area contributed by atoms with Crippen LogP contribution in [0.15, 0.2) is 23.1 Å². The number of hydrogen-bond donors (Lipinski definition) is 2. The highest BCUT2D eigenvalue weighted by Gasteiger charge is 2.53. The largest absolute Gasteiger partial charge is 0.477 e. The van der Waals surface area contributed by atoms with Crippen molar-refractivity contribution in [2.75, 3.05) is 18.0 Å². The second-order valence-electron chi connectivity index (χ2n) is 7.45. The number of nitrogens with zero attached hydrogens (tertiary/aromatic N) is 2. The van der Waals surface area contributed by atoms with E-state index in [4.69, 9.17) is 5.73 Å². The van der Waals surface area contributed by atoms with Crippen LogP contribution in [0.5, 0.6) is 0 Å². The van der Waals surface area contributed by atoms with Gasteiger partial charge in [0.1, 0.15) is 11.4 Å². The number of rotatable bonds is 3. The molecule has 25 heavy (non-hydrogen) atoms. The lowest BCUT2D eigenvalue weighted by molar-refractivity contribution is 0.0695. The zero-order valence-electron chi connectivity index (χ0n) is 13.5. The van der Waals surface area contributed by atoms with Crippen LogP contribution in [0.25, 0.3) is 10.9 Å². The van der Waals surface area contributed by atoms with Crippen LogP contribution in [0.2, 0.25) is 0 Å². The molecule has 0 amide bonds. The van der Waals surface area contributed by atoms with E-state index < -0.39 is 17.2 Å². The number of carboxylic acids is 1. The molecule has 2 aliphatic carbocycles. The van der Waals surface area contributed by atoms with Gasteiger partial charge in [0.25, 0.3) is 0 Å². The Bertz CT molecular complexity index is 970. The fourth-order valence-corrected chi connectivity index (χ4v) is 4.18. The monoisotopic (exact) mass is 343 g/mol. The van der Waals surface area contributed by atoms with Crippen LogP contribution in [0.3, 0.4) is 0 Å². The second kappa shape index (κ2) is 4.82. The summed E-state index contributed by atoms with van der Waals surface area (Å²) >= 11 is 0. The van der Waals surface area contributed by atoms with Crippen molar-refractivity contribution >= 4 is 22.6 Å². The zero-order chi connectivity index (χ0) is 17.5. The van der Waals surface area contributed by atoms with Gasteiger partial charge in [-0.05, 0) is 36.8 Å². The average molecular weight is 343 g/mol. The third-order valence-electron chi connectivity index (χ3n) is 5.87. The highest BCUT2D eigenvalue weighted by atomic mass is 19.1. The van der Waals surface area contributed by atoms with Gasteiger partial charge < -0.3 is 20.3 Å². The Morgan fingerprint density at radius 2 is 1.92 bits per heavy atom. The number of nitrogens with two attached hydrogens (primary N) is 1. The predicted molar refractivity (Wildman–Crippen MR) is 90.6 cm³/mol. The Morgan fingerprint density at radius 1 is 1.24 bits per heavy atom. The van der Waals surface area contributed by atoms with Crippen molar-refractivity contribution in [2.24, 2.45) is 17.6 Å². The van der Waals surface area contributed by atoms with Crippen LogP contribution >= 0.6 is 0 Å². The van der Waals surface area contributed by atoms with E-state index in [-0.39, 0.29) is 23.0 Å². The molecular formula is C18H18FN3O3. The SMILES string of the molecule is N[C@@H]1[C@H]2CN(c3cc4c(cc3F)c(=O)c(C(=O)O)cn4C3CC3)C[C@@H]12. The van der Waals surface area contributed by atoms with Crippen molar-refractivity contribution in [3.8, 4) is 0 Å². The van der Waals surface area contributed by atoms with Gasteiger partial charge in [0.15, 0.2) is 0 Å². The smallest absolute Gasteiger partial charge is 0.341 e. The summed E-state index contributed by atoms with van der Waals surface area (Å²) in [6.07, 6.45) is 3.28. The molecule has 1 aromatic carbocycles. The maximum atomic E-state index is 14.7. The number of carbonyl (C=O) groups is 1. The number of anilines is 1. The average Bonchev–Trinajstić information content (AvgIpc) is 3.46. The summed E-state index contributed by atoms with van der Waals surface area (Å²) < 4.78 is 16.5. The number of hydrogen-bond acceptors (Lipinski definition) is 4. The van der Waals surface area contributed by atoms with E-state index in [1.807, 2.05) is 9.47 Å². The molecule has 0 spiro atoms. The molecule has 0 bridgehead atoms. The van der Waals surface area contributed by atoms with Gasteiger partial charge in [-0.25, -0.2) is 9.18 Å². The summed E-state index contributed by atoms with van der Waals surface area (Å²) in [7, 11) is 0. The molecule has 3 atom stereocenters. The molecule has 2 saturated carbocycles. The molecule has 0 unspecified atom stereocenters. The summed E-state index contributed by atoms with van der Waals surface area (Å²) in [5.41, 5.74) is 6.11. The second-order valence-corrected chi connectivity index (χ2v) is 7.45. The molecule has 3 aliphatic rings. The molecule has 1 saturated heterocycles. The molecule has 0 radical (unpaired) electrons. The summed E-state index contributed by atoms with van der Waals surface area (Å²) in [5, 5.41) is 9.41.